The highest BCUT2D eigenvalue weighted by molar-refractivity contribution is 5.96. The van der Waals surface area contributed by atoms with Crippen molar-refractivity contribution in [1.29, 1.82) is 0 Å². The first-order valence-corrected chi connectivity index (χ1v) is 6.08. The molecule has 1 rings (SSSR count). The minimum atomic E-state index is -1.12. The average molecular weight is 250 g/mol. The predicted molar refractivity (Wildman–Crippen MR) is 67.7 cm³/mol. The molecule has 0 fully saturated rings. The van der Waals surface area contributed by atoms with Crippen molar-refractivity contribution >= 4 is 11.9 Å². The van der Waals surface area contributed by atoms with Crippen LogP contribution in [0.15, 0.2) is 18.3 Å². The van der Waals surface area contributed by atoms with Crippen LogP contribution in [0.1, 0.15) is 47.5 Å². The Balaban J connectivity index is 2.87. The maximum atomic E-state index is 12.2. The van der Waals surface area contributed by atoms with Crippen LogP contribution in [-0.2, 0) is 0 Å². The highest BCUT2D eigenvalue weighted by Gasteiger charge is 2.15. The molecule has 98 valence electrons. The van der Waals surface area contributed by atoms with Crippen molar-refractivity contribution < 1.29 is 14.7 Å². The summed E-state index contributed by atoms with van der Waals surface area (Å²) in [5, 5.41) is 8.84. The molecular formula is C13H18N2O3. The number of hydrogen-bond donors (Lipinski definition) is 1. The standard InChI is InChI=1S/C13H18N2O3/c1-3-5-8-15(4-2)12(16)10-6-7-14-11(9-10)13(17)18/h6-7,9H,3-5,8H2,1-2H3,(H,17,18). The lowest BCUT2D eigenvalue weighted by Gasteiger charge is -2.20. The number of unbranched alkanes of at least 4 members (excludes halogenated alkanes) is 1. The van der Waals surface area contributed by atoms with Crippen LogP contribution in [0, 0.1) is 0 Å². The molecule has 1 aromatic rings. The second-order valence-electron chi connectivity index (χ2n) is 3.97. The van der Waals surface area contributed by atoms with Crippen molar-refractivity contribution in [2.45, 2.75) is 26.7 Å². The van der Waals surface area contributed by atoms with Crippen LogP contribution >= 0.6 is 0 Å². The van der Waals surface area contributed by atoms with Crippen LogP contribution in [0.25, 0.3) is 0 Å². The van der Waals surface area contributed by atoms with E-state index in [4.69, 9.17) is 5.11 Å². The zero-order valence-corrected chi connectivity index (χ0v) is 10.7. The second-order valence-corrected chi connectivity index (χ2v) is 3.97. The van der Waals surface area contributed by atoms with Gasteiger partial charge in [-0.3, -0.25) is 4.79 Å². The van der Waals surface area contributed by atoms with Gasteiger partial charge in [-0.2, -0.15) is 0 Å². The van der Waals surface area contributed by atoms with Crippen LogP contribution in [-0.4, -0.2) is 40.0 Å². The molecule has 0 radical (unpaired) electrons. The smallest absolute Gasteiger partial charge is 0.354 e. The van der Waals surface area contributed by atoms with E-state index in [1.807, 2.05) is 6.92 Å². The lowest BCUT2D eigenvalue weighted by Crippen LogP contribution is -2.31. The molecule has 0 saturated heterocycles. The Kier molecular flexibility index (Phi) is 5.30. The topological polar surface area (TPSA) is 70.5 Å². The van der Waals surface area contributed by atoms with E-state index in [0.717, 1.165) is 12.8 Å². The molecule has 1 N–H and O–H groups in total. The fraction of sp³-hybridized carbons (Fsp3) is 0.462. The summed E-state index contributed by atoms with van der Waals surface area (Å²) in [5.74, 6) is -1.27. The van der Waals surface area contributed by atoms with Crippen LogP contribution in [0.4, 0.5) is 0 Å². The van der Waals surface area contributed by atoms with Gasteiger partial charge in [-0.05, 0) is 25.5 Å². The van der Waals surface area contributed by atoms with E-state index in [2.05, 4.69) is 11.9 Å². The van der Waals surface area contributed by atoms with E-state index in [1.54, 1.807) is 11.0 Å². The number of hydrogen-bond acceptors (Lipinski definition) is 3. The third-order valence-corrected chi connectivity index (χ3v) is 2.68. The summed E-state index contributed by atoms with van der Waals surface area (Å²) >= 11 is 0. The predicted octanol–water partition coefficient (Wildman–Crippen LogP) is 2.04. The van der Waals surface area contributed by atoms with Gasteiger partial charge in [0.1, 0.15) is 5.69 Å². The zero-order valence-electron chi connectivity index (χ0n) is 10.7. The van der Waals surface area contributed by atoms with E-state index in [-0.39, 0.29) is 11.6 Å². The largest absolute Gasteiger partial charge is 0.477 e. The van der Waals surface area contributed by atoms with Gasteiger partial charge in [0, 0.05) is 24.8 Å². The van der Waals surface area contributed by atoms with Gasteiger partial charge in [0.2, 0.25) is 0 Å². The molecule has 0 unspecified atom stereocenters. The van der Waals surface area contributed by atoms with Crippen molar-refractivity contribution in [3.63, 3.8) is 0 Å². The van der Waals surface area contributed by atoms with E-state index in [1.165, 1.54) is 12.3 Å². The molecule has 5 heteroatoms. The number of amides is 1. The number of carbonyl (C=O) groups is 2. The third-order valence-electron chi connectivity index (χ3n) is 2.68. The number of nitrogens with zero attached hydrogens (tertiary/aromatic N) is 2. The van der Waals surface area contributed by atoms with Crippen molar-refractivity contribution in [2.75, 3.05) is 13.1 Å². The summed E-state index contributed by atoms with van der Waals surface area (Å²) in [6.07, 6.45) is 3.31. The Morgan fingerprint density at radius 2 is 2.11 bits per heavy atom. The average Bonchev–Trinajstić information content (AvgIpc) is 2.39. The molecule has 1 heterocycles. The van der Waals surface area contributed by atoms with E-state index in [0.29, 0.717) is 18.7 Å². The number of carbonyl (C=O) groups excluding carboxylic acids is 1. The maximum absolute atomic E-state index is 12.2. The van der Waals surface area contributed by atoms with Crippen molar-refractivity contribution in [3.8, 4) is 0 Å². The summed E-state index contributed by atoms with van der Waals surface area (Å²) in [6.45, 7) is 5.28. The molecule has 0 aliphatic heterocycles. The summed E-state index contributed by atoms with van der Waals surface area (Å²) in [6, 6.07) is 2.86. The Bertz CT molecular complexity index is 432. The van der Waals surface area contributed by atoms with Gasteiger partial charge in [-0.15, -0.1) is 0 Å². The van der Waals surface area contributed by atoms with Crippen LogP contribution in [0.3, 0.4) is 0 Å². The first-order valence-electron chi connectivity index (χ1n) is 6.08. The van der Waals surface area contributed by atoms with Crippen LogP contribution in [0.5, 0.6) is 0 Å². The minimum Gasteiger partial charge on any atom is -0.477 e. The van der Waals surface area contributed by atoms with E-state index in [9.17, 15) is 9.59 Å². The number of aromatic carboxylic acids is 1. The van der Waals surface area contributed by atoms with Crippen LogP contribution < -0.4 is 0 Å². The summed E-state index contributed by atoms with van der Waals surface area (Å²) in [4.78, 5) is 28.4. The summed E-state index contributed by atoms with van der Waals surface area (Å²) in [5.41, 5.74) is 0.271. The maximum Gasteiger partial charge on any atom is 0.354 e. The molecule has 0 aliphatic carbocycles. The molecular weight excluding hydrogens is 232 g/mol. The number of rotatable bonds is 6. The lowest BCUT2D eigenvalue weighted by atomic mass is 10.2. The number of carboxylic acids is 1. The molecule has 1 aromatic heterocycles. The van der Waals surface area contributed by atoms with Gasteiger partial charge in [0.25, 0.3) is 5.91 Å². The van der Waals surface area contributed by atoms with E-state index >= 15 is 0 Å². The minimum absolute atomic E-state index is 0.104. The Hall–Kier alpha value is -1.91. The molecule has 0 aromatic carbocycles. The van der Waals surface area contributed by atoms with Gasteiger partial charge < -0.3 is 10.0 Å². The van der Waals surface area contributed by atoms with Gasteiger partial charge in [-0.25, -0.2) is 9.78 Å². The first-order chi connectivity index (χ1) is 8.60. The van der Waals surface area contributed by atoms with Crippen LogP contribution in [0.2, 0.25) is 0 Å². The molecule has 0 aliphatic rings. The molecule has 5 nitrogen and oxygen atoms in total. The lowest BCUT2D eigenvalue weighted by molar-refractivity contribution is 0.0690. The Morgan fingerprint density at radius 1 is 1.39 bits per heavy atom. The normalized spacial score (nSPS) is 10.1. The molecule has 0 bridgehead atoms. The number of pyridine rings is 1. The van der Waals surface area contributed by atoms with Gasteiger partial charge >= 0.3 is 5.97 Å². The highest BCUT2D eigenvalue weighted by Crippen LogP contribution is 2.07. The van der Waals surface area contributed by atoms with E-state index < -0.39 is 5.97 Å². The zero-order chi connectivity index (χ0) is 13.5. The Labute approximate surface area is 106 Å². The molecule has 0 spiro atoms. The number of aromatic nitrogens is 1. The fourth-order valence-electron chi connectivity index (χ4n) is 1.62. The first kappa shape index (κ1) is 14.2. The third kappa shape index (κ3) is 3.55. The fourth-order valence-corrected chi connectivity index (χ4v) is 1.62. The monoisotopic (exact) mass is 250 g/mol. The quantitative estimate of drug-likeness (QED) is 0.838. The second kappa shape index (κ2) is 6.74. The molecule has 0 atom stereocenters. The molecule has 1 amide bonds. The summed E-state index contributed by atoms with van der Waals surface area (Å²) < 4.78 is 0. The van der Waals surface area contributed by atoms with Gasteiger partial charge in [0.15, 0.2) is 0 Å². The SMILES string of the molecule is CCCCN(CC)C(=O)c1ccnc(C(=O)O)c1. The highest BCUT2D eigenvalue weighted by atomic mass is 16.4. The summed E-state index contributed by atoms with van der Waals surface area (Å²) in [7, 11) is 0. The molecule has 18 heavy (non-hydrogen) atoms. The van der Waals surface area contributed by atoms with Gasteiger partial charge in [0.05, 0.1) is 0 Å². The number of carboxylic acid groups (broad SMARTS) is 1. The van der Waals surface area contributed by atoms with Crippen molar-refractivity contribution in [1.82, 2.24) is 9.88 Å². The van der Waals surface area contributed by atoms with Gasteiger partial charge in [-0.1, -0.05) is 13.3 Å². The Morgan fingerprint density at radius 3 is 2.67 bits per heavy atom. The van der Waals surface area contributed by atoms with Crippen molar-refractivity contribution in [3.05, 3.63) is 29.6 Å². The molecule has 0 saturated carbocycles. The van der Waals surface area contributed by atoms with Crippen molar-refractivity contribution in [2.24, 2.45) is 0 Å².